The molecule has 1 fully saturated rings. The zero-order valence-corrected chi connectivity index (χ0v) is 19.9. The van der Waals surface area contributed by atoms with Gasteiger partial charge in [-0.05, 0) is 72.4 Å². The van der Waals surface area contributed by atoms with E-state index in [1.807, 2.05) is 24.0 Å². The van der Waals surface area contributed by atoms with Gasteiger partial charge in [-0.15, -0.1) is 5.10 Å². The summed E-state index contributed by atoms with van der Waals surface area (Å²) in [4.78, 5) is 27.3. The lowest BCUT2D eigenvalue weighted by Gasteiger charge is -2.33. The fraction of sp³-hybridized carbons (Fsp3) is 0.400. The summed E-state index contributed by atoms with van der Waals surface area (Å²) in [5.41, 5.74) is 2.46. The molecule has 10 heteroatoms. The first-order chi connectivity index (χ1) is 16.9. The molecule has 2 heterocycles. The number of piperidine rings is 1. The van der Waals surface area contributed by atoms with Crippen LogP contribution < -0.4 is 10.6 Å². The largest absolute Gasteiger partial charge is 0.342 e. The second kappa shape index (κ2) is 11.1. The Kier molecular flexibility index (Phi) is 7.69. The third-order valence-corrected chi connectivity index (χ3v) is 6.17. The number of hydrogen-bond donors (Lipinski definition) is 2. The number of amides is 3. The summed E-state index contributed by atoms with van der Waals surface area (Å²) in [7, 11) is 1.74. The second-order valence-electron chi connectivity index (χ2n) is 9.09. The molecule has 0 spiro atoms. The number of carbonyl (C=O) groups excluding carboxylic acids is 2. The molecule has 0 radical (unpaired) electrons. The zero-order chi connectivity index (χ0) is 24.8. The van der Waals surface area contributed by atoms with Crippen molar-refractivity contribution in [2.45, 2.75) is 38.6 Å². The zero-order valence-electron chi connectivity index (χ0n) is 19.9. The fourth-order valence-corrected chi connectivity index (χ4v) is 4.46. The van der Waals surface area contributed by atoms with Crippen molar-refractivity contribution >= 4 is 17.6 Å². The molecule has 35 heavy (non-hydrogen) atoms. The smallest absolute Gasteiger partial charge is 0.319 e. The Morgan fingerprint density at radius 3 is 2.74 bits per heavy atom. The van der Waals surface area contributed by atoms with Crippen LogP contribution in [0.4, 0.5) is 14.9 Å². The number of aromatic nitrogens is 4. The van der Waals surface area contributed by atoms with Crippen molar-refractivity contribution in [2.24, 2.45) is 13.0 Å². The van der Waals surface area contributed by atoms with E-state index in [4.69, 9.17) is 0 Å². The normalized spacial score (nSPS) is 16.5. The standard InChI is InChI=1S/C25H30FN7O2/c1-17(27-25(35)28-22-7-3-6-20(15-22)24-29-30-31-32(24)2)13-23(34)33-12-4-5-19(16-33)14-18-8-10-21(26)11-9-18/h3,6-11,15,17,19H,4-5,12-14,16H2,1-2H3,(H2,27,28,35)/t17-,19-/m0/s1. The molecule has 1 saturated heterocycles. The molecule has 2 atom stereocenters. The van der Waals surface area contributed by atoms with E-state index in [2.05, 4.69) is 26.2 Å². The van der Waals surface area contributed by atoms with Crippen molar-refractivity contribution in [2.75, 3.05) is 18.4 Å². The summed E-state index contributed by atoms with van der Waals surface area (Å²) in [5.74, 6) is 0.724. The highest BCUT2D eigenvalue weighted by molar-refractivity contribution is 5.90. The van der Waals surface area contributed by atoms with E-state index >= 15 is 0 Å². The predicted octanol–water partition coefficient (Wildman–Crippen LogP) is 3.40. The van der Waals surface area contributed by atoms with Crippen molar-refractivity contribution in [1.29, 1.82) is 0 Å². The predicted molar refractivity (Wildman–Crippen MR) is 130 cm³/mol. The maximum absolute atomic E-state index is 13.2. The number of aryl methyl sites for hydroxylation is 1. The van der Waals surface area contributed by atoms with Crippen molar-refractivity contribution in [3.05, 3.63) is 59.9 Å². The van der Waals surface area contributed by atoms with Gasteiger partial charge < -0.3 is 15.5 Å². The van der Waals surface area contributed by atoms with Crippen molar-refractivity contribution in [3.8, 4) is 11.4 Å². The van der Waals surface area contributed by atoms with Crippen LogP contribution in [0.3, 0.4) is 0 Å². The van der Waals surface area contributed by atoms with Gasteiger partial charge in [-0.2, -0.15) is 0 Å². The topological polar surface area (TPSA) is 105 Å². The van der Waals surface area contributed by atoms with Crippen LogP contribution in [-0.2, 0) is 18.3 Å². The molecule has 0 bridgehead atoms. The molecular weight excluding hydrogens is 449 g/mol. The van der Waals surface area contributed by atoms with Gasteiger partial charge in [0.25, 0.3) is 0 Å². The maximum Gasteiger partial charge on any atom is 0.319 e. The van der Waals surface area contributed by atoms with Crippen LogP contribution in [0.5, 0.6) is 0 Å². The van der Waals surface area contributed by atoms with E-state index in [1.54, 1.807) is 36.0 Å². The van der Waals surface area contributed by atoms with Gasteiger partial charge >= 0.3 is 6.03 Å². The summed E-state index contributed by atoms with van der Waals surface area (Å²) in [6.45, 7) is 3.22. The Labute approximate surface area is 203 Å². The quantitative estimate of drug-likeness (QED) is 0.540. The number of nitrogens with one attached hydrogen (secondary N) is 2. The first-order valence-electron chi connectivity index (χ1n) is 11.8. The molecule has 1 aromatic heterocycles. The number of carbonyl (C=O) groups is 2. The molecule has 3 amide bonds. The van der Waals surface area contributed by atoms with E-state index in [1.165, 1.54) is 12.1 Å². The minimum absolute atomic E-state index is 0.0263. The third-order valence-electron chi connectivity index (χ3n) is 6.17. The Morgan fingerprint density at radius 2 is 2.00 bits per heavy atom. The Hall–Kier alpha value is -3.82. The maximum atomic E-state index is 13.2. The lowest BCUT2D eigenvalue weighted by molar-refractivity contribution is -0.133. The van der Waals surface area contributed by atoms with E-state index < -0.39 is 0 Å². The highest BCUT2D eigenvalue weighted by Crippen LogP contribution is 2.22. The lowest BCUT2D eigenvalue weighted by atomic mass is 9.91. The van der Waals surface area contributed by atoms with Crippen molar-refractivity contribution in [3.63, 3.8) is 0 Å². The van der Waals surface area contributed by atoms with Crippen LogP contribution in [0.25, 0.3) is 11.4 Å². The molecule has 3 aromatic rings. The van der Waals surface area contributed by atoms with Gasteiger partial charge in [0.15, 0.2) is 5.82 Å². The first kappa shape index (κ1) is 24.3. The third kappa shape index (κ3) is 6.62. The summed E-state index contributed by atoms with van der Waals surface area (Å²) < 4.78 is 14.7. The Morgan fingerprint density at radius 1 is 1.20 bits per heavy atom. The number of nitrogens with zero attached hydrogens (tertiary/aromatic N) is 5. The van der Waals surface area contributed by atoms with Crippen molar-refractivity contribution < 1.29 is 14.0 Å². The van der Waals surface area contributed by atoms with Gasteiger partial charge in [0.1, 0.15) is 5.82 Å². The van der Waals surface area contributed by atoms with Crippen molar-refractivity contribution in [1.82, 2.24) is 30.4 Å². The van der Waals surface area contributed by atoms with Crippen LogP contribution in [0.2, 0.25) is 0 Å². The molecule has 2 N–H and O–H groups in total. The van der Waals surface area contributed by atoms with Crippen LogP contribution in [0.15, 0.2) is 48.5 Å². The average Bonchev–Trinajstić information content (AvgIpc) is 3.26. The minimum atomic E-state index is -0.383. The lowest BCUT2D eigenvalue weighted by Crippen LogP contribution is -2.44. The number of halogens is 1. The van der Waals surface area contributed by atoms with Crippen LogP contribution >= 0.6 is 0 Å². The molecule has 184 valence electrons. The summed E-state index contributed by atoms with van der Waals surface area (Å²) in [5, 5.41) is 17.1. The number of likely N-dealkylation sites (tertiary alicyclic amines) is 1. The monoisotopic (exact) mass is 479 g/mol. The van der Waals surface area contributed by atoms with E-state index in [0.29, 0.717) is 24.0 Å². The van der Waals surface area contributed by atoms with Gasteiger partial charge in [-0.3, -0.25) is 4.79 Å². The highest BCUT2D eigenvalue weighted by Gasteiger charge is 2.25. The molecule has 1 aliphatic heterocycles. The molecule has 9 nitrogen and oxygen atoms in total. The number of tetrazole rings is 1. The first-order valence-corrected chi connectivity index (χ1v) is 11.8. The highest BCUT2D eigenvalue weighted by atomic mass is 19.1. The number of rotatable bonds is 7. The van der Waals surface area contributed by atoms with Gasteiger partial charge in [-0.1, -0.05) is 24.3 Å². The molecular formula is C25H30FN7O2. The second-order valence-corrected chi connectivity index (χ2v) is 9.09. The fourth-order valence-electron chi connectivity index (χ4n) is 4.46. The number of urea groups is 1. The van der Waals surface area contributed by atoms with Gasteiger partial charge in [0.2, 0.25) is 5.91 Å². The van der Waals surface area contributed by atoms with Gasteiger partial charge in [0, 0.05) is 43.9 Å². The number of hydrogen-bond acceptors (Lipinski definition) is 5. The molecule has 0 aliphatic carbocycles. The average molecular weight is 480 g/mol. The van der Waals surface area contributed by atoms with E-state index in [9.17, 15) is 14.0 Å². The Bertz CT molecular complexity index is 1160. The molecule has 1 aliphatic rings. The van der Waals surface area contributed by atoms with E-state index in [-0.39, 0.29) is 30.2 Å². The minimum Gasteiger partial charge on any atom is -0.342 e. The van der Waals surface area contributed by atoms with Crippen LogP contribution in [-0.4, -0.2) is 56.2 Å². The molecule has 0 unspecified atom stereocenters. The Balaban J connectivity index is 1.26. The van der Waals surface area contributed by atoms with Gasteiger partial charge in [0.05, 0.1) is 0 Å². The number of anilines is 1. The SMILES string of the molecule is C[C@@H](CC(=O)N1CCC[C@@H](Cc2ccc(F)cc2)C1)NC(=O)Nc1cccc(-c2nnnn2C)c1. The molecule has 4 rings (SSSR count). The molecule has 2 aromatic carbocycles. The summed E-state index contributed by atoms with van der Waals surface area (Å²) >= 11 is 0. The van der Waals surface area contributed by atoms with Gasteiger partial charge in [-0.25, -0.2) is 13.9 Å². The number of benzene rings is 2. The van der Waals surface area contributed by atoms with Crippen LogP contribution in [0, 0.1) is 11.7 Å². The summed E-state index contributed by atoms with van der Waals surface area (Å²) in [6.07, 6.45) is 3.03. The van der Waals surface area contributed by atoms with Crippen LogP contribution in [0.1, 0.15) is 31.7 Å². The summed E-state index contributed by atoms with van der Waals surface area (Å²) in [6, 6.07) is 13.1. The van der Waals surface area contributed by atoms with E-state index in [0.717, 1.165) is 36.9 Å². The molecule has 0 saturated carbocycles.